The number of hydrogen-bond donors (Lipinski definition) is 2. The third-order valence-electron chi connectivity index (χ3n) is 2.99. The highest BCUT2D eigenvalue weighted by molar-refractivity contribution is 7.91. The van der Waals surface area contributed by atoms with Gasteiger partial charge >= 0.3 is 0 Å². The van der Waals surface area contributed by atoms with Crippen molar-refractivity contribution in [2.75, 3.05) is 24.7 Å². The number of aliphatic hydroxyl groups excluding tert-OH is 1. The molecule has 2 unspecified atom stereocenters. The first-order valence-corrected chi connectivity index (χ1v) is 7.11. The SMILES string of the molecule is O=S1(=O)CC(O)C(NC2CCOCC2)C1. The molecule has 6 heteroatoms. The second kappa shape index (κ2) is 4.37. The quantitative estimate of drug-likeness (QED) is 0.636. The highest BCUT2D eigenvalue weighted by Crippen LogP contribution is 2.15. The van der Waals surface area contributed by atoms with Crippen molar-refractivity contribution in [2.45, 2.75) is 31.0 Å². The first-order chi connectivity index (χ1) is 7.07. The molecular formula is C9H17NO4S. The molecule has 88 valence electrons. The lowest BCUT2D eigenvalue weighted by molar-refractivity contribution is 0.0677. The Labute approximate surface area is 89.7 Å². The molecule has 5 nitrogen and oxygen atoms in total. The summed E-state index contributed by atoms with van der Waals surface area (Å²) in [5.41, 5.74) is 0. The summed E-state index contributed by atoms with van der Waals surface area (Å²) < 4.78 is 27.7. The molecule has 0 spiro atoms. The van der Waals surface area contributed by atoms with Crippen LogP contribution in [-0.2, 0) is 14.6 Å². The predicted molar refractivity (Wildman–Crippen MR) is 55.4 cm³/mol. The van der Waals surface area contributed by atoms with Gasteiger partial charge in [-0.25, -0.2) is 8.42 Å². The van der Waals surface area contributed by atoms with Gasteiger partial charge in [0.05, 0.1) is 17.6 Å². The van der Waals surface area contributed by atoms with Crippen molar-refractivity contribution in [1.82, 2.24) is 5.32 Å². The maximum atomic E-state index is 11.3. The van der Waals surface area contributed by atoms with E-state index in [2.05, 4.69) is 5.32 Å². The molecular weight excluding hydrogens is 218 g/mol. The summed E-state index contributed by atoms with van der Waals surface area (Å²) in [5, 5.41) is 12.8. The average molecular weight is 235 g/mol. The van der Waals surface area contributed by atoms with Gasteiger partial charge in [0.2, 0.25) is 0 Å². The molecule has 0 aromatic heterocycles. The average Bonchev–Trinajstić information content (AvgIpc) is 2.41. The van der Waals surface area contributed by atoms with Gasteiger partial charge < -0.3 is 15.2 Å². The topological polar surface area (TPSA) is 75.6 Å². The van der Waals surface area contributed by atoms with Gasteiger partial charge in [-0.3, -0.25) is 0 Å². The van der Waals surface area contributed by atoms with Crippen molar-refractivity contribution in [3.8, 4) is 0 Å². The van der Waals surface area contributed by atoms with Gasteiger partial charge in [0, 0.05) is 25.3 Å². The van der Waals surface area contributed by atoms with Gasteiger partial charge in [0.1, 0.15) is 0 Å². The van der Waals surface area contributed by atoms with Crippen LogP contribution in [0.4, 0.5) is 0 Å². The van der Waals surface area contributed by atoms with E-state index in [4.69, 9.17) is 4.74 Å². The number of ether oxygens (including phenoxy) is 1. The minimum absolute atomic E-state index is 0.0610. The van der Waals surface area contributed by atoms with Gasteiger partial charge in [0.25, 0.3) is 0 Å². The lowest BCUT2D eigenvalue weighted by Crippen LogP contribution is -2.47. The largest absolute Gasteiger partial charge is 0.390 e. The summed E-state index contributed by atoms with van der Waals surface area (Å²) in [5.74, 6) is -0.0423. The van der Waals surface area contributed by atoms with Crippen molar-refractivity contribution >= 4 is 9.84 Å². The molecule has 2 heterocycles. The van der Waals surface area contributed by atoms with Gasteiger partial charge in [-0.05, 0) is 12.8 Å². The fraction of sp³-hybridized carbons (Fsp3) is 1.00. The van der Waals surface area contributed by atoms with Crippen LogP contribution in [0.15, 0.2) is 0 Å². The lowest BCUT2D eigenvalue weighted by Gasteiger charge is -2.27. The third-order valence-corrected chi connectivity index (χ3v) is 4.71. The van der Waals surface area contributed by atoms with E-state index in [1.807, 2.05) is 0 Å². The summed E-state index contributed by atoms with van der Waals surface area (Å²) >= 11 is 0. The van der Waals surface area contributed by atoms with E-state index < -0.39 is 15.9 Å². The van der Waals surface area contributed by atoms with Crippen molar-refractivity contribution in [3.05, 3.63) is 0 Å². The van der Waals surface area contributed by atoms with Crippen LogP contribution in [0.2, 0.25) is 0 Å². The van der Waals surface area contributed by atoms with Crippen LogP contribution in [0.5, 0.6) is 0 Å². The Kier molecular flexibility index (Phi) is 3.30. The summed E-state index contributed by atoms with van der Waals surface area (Å²) in [6.07, 6.45) is 1.03. The standard InChI is InChI=1S/C9H17NO4S/c11-9-6-15(12,13)5-8(9)10-7-1-3-14-4-2-7/h7-11H,1-6H2. The maximum absolute atomic E-state index is 11.3. The zero-order valence-electron chi connectivity index (χ0n) is 8.55. The van der Waals surface area contributed by atoms with E-state index in [1.165, 1.54) is 0 Å². The molecule has 15 heavy (non-hydrogen) atoms. The molecule has 2 rings (SSSR count). The molecule has 0 amide bonds. The normalized spacial score (nSPS) is 36.9. The van der Waals surface area contributed by atoms with Gasteiger partial charge in [-0.1, -0.05) is 0 Å². The molecule has 2 N–H and O–H groups in total. The van der Waals surface area contributed by atoms with Crippen molar-refractivity contribution < 1.29 is 18.3 Å². The smallest absolute Gasteiger partial charge is 0.154 e. The highest BCUT2D eigenvalue weighted by Gasteiger charge is 2.37. The first kappa shape index (κ1) is 11.3. The van der Waals surface area contributed by atoms with Crippen LogP contribution >= 0.6 is 0 Å². The molecule has 2 atom stereocenters. The Morgan fingerprint density at radius 3 is 2.40 bits per heavy atom. The van der Waals surface area contributed by atoms with Crippen molar-refractivity contribution in [1.29, 1.82) is 0 Å². The minimum Gasteiger partial charge on any atom is -0.390 e. The summed E-state index contributed by atoms with van der Waals surface area (Å²) in [4.78, 5) is 0. The maximum Gasteiger partial charge on any atom is 0.154 e. The lowest BCUT2D eigenvalue weighted by atomic mass is 10.1. The summed E-state index contributed by atoms with van der Waals surface area (Å²) in [7, 11) is -3.04. The van der Waals surface area contributed by atoms with Crippen molar-refractivity contribution in [3.63, 3.8) is 0 Å². The number of nitrogens with one attached hydrogen (secondary N) is 1. The van der Waals surface area contributed by atoms with Crippen LogP contribution in [0, 0.1) is 0 Å². The molecule has 0 bridgehead atoms. The molecule has 0 radical (unpaired) electrons. The third kappa shape index (κ3) is 2.90. The van der Waals surface area contributed by atoms with E-state index in [1.54, 1.807) is 0 Å². The molecule has 0 aromatic rings. The predicted octanol–water partition coefficient (Wildman–Crippen LogP) is -1.09. The van der Waals surface area contributed by atoms with Crippen LogP contribution in [0.1, 0.15) is 12.8 Å². The van der Waals surface area contributed by atoms with E-state index in [9.17, 15) is 13.5 Å². The van der Waals surface area contributed by atoms with Crippen LogP contribution in [-0.4, -0.2) is 56.4 Å². The molecule has 2 saturated heterocycles. The second-order valence-electron chi connectivity index (χ2n) is 4.30. The van der Waals surface area contributed by atoms with E-state index >= 15 is 0 Å². The highest BCUT2D eigenvalue weighted by atomic mass is 32.2. The first-order valence-electron chi connectivity index (χ1n) is 5.29. The van der Waals surface area contributed by atoms with Gasteiger partial charge in [-0.2, -0.15) is 0 Å². The Bertz CT molecular complexity index is 310. The Morgan fingerprint density at radius 1 is 1.20 bits per heavy atom. The van der Waals surface area contributed by atoms with Gasteiger partial charge in [-0.15, -0.1) is 0 Å². The zero-order valence-corrected chi connectivity index (χ0v) is 9.37. The minimum atomic E-state index is -3.04. The fourth-order valence-electron chi connectivity index (χ4n) is 2.16. The van der Waals surface area contributed by atoms with Crippen molar-refractivity contribution in [2.24, 2.45) is 0 Å². The Morgan fingerprint density at radius 2 is 1.87 bits per heavy atom. The van der Waals surface area contributed by atoms with Crippen LogP contribution in [0.3, 0.4) is 0 Å². The monoisotopic (exact) mass is 235 g/mol. The van der Waals surface area contributed by atoms with Crippen LogP contribution in [0.25, 0.3) is 0 Å². The number of rotatable bonds is 2. The number of sulfone groups is 1. The van der Waals surface area contributed by atoms with E-state index in [0.29, 0.717) is 13.2 Å². The molecule has 2 fully saturated rings. The Balaban J connectivity index is 1.89. The number of aliphatic hydroxyl groups is 1. The Hall–Kier alpha value is -0.170. The van der Waals surface area contributed by atoms with E-state index in [-0.39, 0.29) is 23.6 Å². The van der Waals surface area contributed by atoms with Gasteiger partial charge in [0.15, 0.2) is 9.84 Å². The summed E-state index contributed by atoms with van der Waals surface area (Å²) in [6.45, 7) is 1.43. The molecule has 0 saturated carbocycles. The molecule has 0 aliphatic carbocycles. The van der Waals surface area contributed by atoms with Crippen LogP contribution < -0.4 is 5.32 Å². The molecule has 0 aromatic carbocycles. The molecule has 2 aliphatic rings. The second-order valence-corrected chi connectivity index (χ2v) is 6.46. The molecule has 2 aliphatic heterocycles. The fourth-order valence-corrected chi connectivity index (χ4v) is 3.91. The zero-order chi connectivity index (χ0) is 10.9. The number of hydrogen-bond acceptors (Lipinski definition) is 5. The summed E-state index contributed by atoms with van der Waals surface area (Å²) in [6, 6.07) is -0.00944. The van der Waals surface area contributed by atoms with E-state index in [0.717, 1.165) is 12.8 Å².